The predicted octanol–water partition coefficient (Wildman–Crippen LogP) is 12.4. The number of para-hydroxylation sites is 2. The summed E-state index contributed by atoms with van der Waals surface area (Å²) in [4.78, 5) is 19.8. The van der Waals surface area contributed by atoms with E-state index in [1.807, 2.05) is 66.7 Å². The van der Waals surface area contributed by atoms with Gasteiger partial charge in [-0.25, -0.2) is 19.9 Å². The first-order valence-electron chi connectivity index (χ1n) is 17.1. The van der Waals surface area contributed by atoms with Crippen LogP contribution in [0.3, 0.4) is 0 Å². The number of fused-ring (bicyclic) bond motifs is 4. The van der Waals surface area contributed by atoms with Crippen molar-refractivity contribution in [2.75, 3.05) is 0 Å². The fraction of sp³-hybridized carbons (Fsp3) is 0. The van der Waals surface area contributed by atoms with Crippen molar-refractivity contribution in [1.29, 1.82) is 0 Å². The number of thiazole rings is 1. The number of benzene rings is 7. The lowest BCUT2D eigenvalue weighted by molar-refractivity contribution is 0.671. The van der Waals surface area contributed by atoms with E-state index in [9.17, 15) is 0 Å². The number of rotatable bonds is 6. The van der Waals surface area contributed by atoms with Crippen LogP contribution in [0, 0.1) is 0 Å². The molecule has 7 aromatic carbocycles. The van der Waals surface area contributed by atoms with E-state index < -0.39 is 0 Å². The summed E-state index contributed by atoms with van der Waals surface area (Å²) in [6, 6.07) is 58.1. The lowest BCUT2D eigenvalue weighted by Gasteiger charge is -2.08. The molecule has 10 rings (SSSR count). The molecule has 0 saturated heterocycles. The summed E-state index contributed by atoms with van der Waals surface area (Å²) in [5, 5.41) is 3.16. The van der Waals surface area contributed by atoms with Crippen molar-refractivity contribution in [2.24, 2.45) is 0 Å². The monoisotopic (exact) mass is 684 g/mol. The highest BCUT2D eigenvalue weighted by atomic mass is 32.1. The number of nitrogens with zero attached hydrogens (tertiary/aromatic N) is 4. The van der Waals surface area contributed by atoms with Gasteiger partial charge in [-0.3, -0.25) is 0 Å². The first-order chi connectivity index (χ1) is 25.7. The van der Waals surface area contributed by atoms with Crippen molar-refractivity contribution in [3.05, 3.63) is 170 Å². The molecule has 0 aliphatic heterocycles. The van der Waals surface area contributed by atoms with Gasteiger partial charge in [-0.2, -0.15) is 0 Å². The molecule has 5 nitrogen and oxygen atoms in total. The average Bonchev–Trinajstić information content (AvgIpc) is 3.83. The van der Waals surface area contributed by atoms with E-state index in [0.29, 0.717) is 17.5 Å². The van der Waals surface area contributed by atoms with E-state index in [4.69, 9.17) is 24.4 Å². The van der Waals surface area contributed by atoms with Crippen LogP contribution in [0.5, 0.6) is 0 Å². The van der Waals surface area contributed by atoms with Crippen LogP contribution >= 0.6 is 11.3 Å². The zero-order valence-electron chi connectivity index (χ0n) is 27.8. The molecule has 0 saturated carbocycles. The van der Waals surface area contributed by atoms with E-state index in [0.717, 1.165) is 81.7 Å². The number of aromatic nitrogens is 4. The molecular formula is C46H28N4OS. The van der Waals surface area contributed by atoms with Crippen LogP contribution in [0.2, 0.25) is 0 Å². The molecule has 0 atom stereocenters. The standard InChI is InChI=1S/C46H28N4OS/c1-4-13-29(14-5-1)35-21-11-23-37-38-24-12-22-36(42(38)51-41(35)37)32-19-10-20-34(27-32)46-47-39-28-33(25-26-40(39)52-46)45-49-43(30-15-6-2-7-16-30)48-44(50-45)31-17-8-3-9-18-31/h1-28H. The Balaban J connectivity index is 1.04. The second kappa shape index (κ2) is 12.5. The Morgan fingerprint density at radius 1 is 0.365 bits per heavy atom. The summed E-state index contributed by atoms with van der Waals surface area (Å²) >= 11 is 1.68. The number of hydrogen-bond acceptors (Lipinski definition) is 6. The smallest absolute Gasteiger partial charge is 0.164 e. The molecule has 0 fully saturated rings. The van der Waals surface area contributed by atoms with Gasteiger partial charge >= 0.3 is 0 Å². The molecule has 244 valence electrons. The molecule has 52 heavy (non-hydrogen) atoms. The van der Waals surface area contributed by atoms with Crippen LogP contribution < -0.4 is 0 Å². The molecule has 10 aromatic rings. The Morgan fingerprint density at radius 3 is 1.48 bits per heavy atom. The zero-order chi connectivity index (χ0) is 34.4. The maximum absolute atomic E-state index is 6.72. The third-order valence-electron chi connectivity index (χ3n) is 9.37. The molecular weight excluding hydrogens is 657 g/mol. The molecule has 6 heteroatoms. The van der Waals surface area contributed by atoms with Gasteiger partial charge in [0.2, 0.25) is 0 Å². The summed E-state index contributed by atoms with van der Waals surface area (Å²) in [7, 11) is 0. The highest BCUT2D eigenvalue weighted by Gasteiger charge is 2.17. The third-order valence-corrected chi connectivity index (χ3v) is 10.5. The van der Waals surface area contributed by atoms with E-state index in [-0.39, 0.29) is 0 Å². The van der Waals surface area contributed by atoms with Gasteiger partial charge in [0.15, 0.2) is 17.5 Å². The van der Waals surface area contributed by atoms with Crippen molar-refractivity contribution < 1.29 is 4.42 Å². The fourth-order valence-electron chi connectivity index (χ4n) is 6.84. The Bertz CT molecular complexity index is 2840. The van der Waals surface area contributed by atoms with Crippen molar-refractivity contribution in [2.45, 2.75) is 0 Å². The Kier molecular flexibility index (Phi) is 7.25. The van der Waals surface area contributed by atoms with Crippen LogP contribution in [-0.2, 0) is 0 Å². The van der Waals surface area contributed by atoms with Gasteiger partial charge in [0.05, 0.1) is 10.2 Å². The lowest BCUT2D eigenvalue weighted by Crippen LogP contribution is -2.00. The summed E-state index contributed by atoms with van der Waals surface area (Å²) in [6.07, 6.45) is 0. The normalized spacial score (nSPS) is 11.5. The minimum Gasteiger partial charge on any atom is -0.455 e. The maximum Gasteiger partial charge on any atom is 0.164 e. The second-order valence-corrected chi connectivity index (χ2v) is 13.7. The zero-order valence-corrected chi connectivity index (χ0v) is 28.6. The molecule has 0 radical (unpaired) electrons. The van der Waals surface area contributed by atoms with E-state index in [1.165, 1.54) is 0 Å². The Labute approximate surface area is 303 Å². The SMILES string of the molecule is c1ccc(-c2nc(-c3ccccc3)nc(-c3ccc4sc(-c5cccc(-c6cccc7c6oc6c(-c8ccccc8)cccc67)c5)nc4c3)n2)cc1. The number of hydrogen-bond donors (Lipinski definition) is 0. The lowest BCUT2D eigenvalue weighted by atomic mass is 9.99. The van der Waals surface area contributed by atoms with Gasteiger partial charge in [-0.1, -0.05) is 146 Å². The van der Waals surface area contributed by atoms with Gasteiger partial charge in [0.1, 0.15) is 16.2 Å². The van der Waals surface area contributed by atoms with Crippen molar-refractivity contribution in [3.63, 3.8) is 0 Å². The topological polar surface area (TPSA) is 64.7 Å². The minimum atomic E-state index is 0.612. The summed E-state index contributed by atoms with van der Waals surface area (Å²) < 4.78 is 7.81. The molecule has 0 bridgehead atoms. The largest absolute Gasteiger partial charge is 0.455 e. The van der Waals surface area contributed by atoms with E-state index >= 15 is 0 Å². The molecule has 0 N–H and O–H groups in total. The molecule has 0 aliphatic rings. The van der Waals surface area contributed by atoms with Crippen LogP contribution in [0.1, 0.15) is 0 Å². The number of furan rings is 1. The third kappa shape index (κ3) is 5.34. The summed E-state index contributed by atoms with van der Waals surface area (Å²) in [5.74, 6) is 1.88. The van der Waals surface area contributed by atoms with Crippen LogP contribution in [0.15, 0.2) is 174 Å². The molecule has 0 amide bonds. The first-order valence-corrected chi connectivity index (χ1v) is 18.0. The van der Waals surface area contributed by atoms with Crippen LogP contribution in [0.4, 0.5) is 0 Å². The first kappa shape index (κ1) is 30.1. The Hall–Kier alpha value is -6.76. The van der Waals surface area contributed by atoms with E-state index in [2.05, 4.69) is 103 Å². The van der Waals surface area contributed by atoms with Crippen molar-refractivity contribution in [3.8, 4) is 67.0 Å². The second-order valence-electron chi connectivity index (χ2n) is 12.7. The highest BCUT2D eigenvalue weighted by Crippen LogP contribution is 2.41. The van der Waals surface area contributed by atoms with Gasteiger partial charge in [-0.05, 0) is 35.4 Å². The molecule has 3 aromatic heterocycles. The fourth-order valence-corrected chi connectivity index (χ4v) is 7.78. The Morgan fingerprint density at radius 2 is 0.865 bits per heavy atom. The molecule has 0 spiro atoms. The summed E-state index contributed by atoms with van der Waals surface area (Å²) in [5.41, 5.74) is 10.9. The quantitative estimate of drug-likeness (QED) is 0.174. The summed E-state index contributed by atoms with van der Waals surface area (Å²) in [6.45, 7) is 0. The van der Waals surface area contributed by atoms with Gasteiger partial charge < -0.3 is 4.42 Å². The minimum absolute atomic E-state index is 0.612. The molecule has 0 aliphatic carbocycles. The van der Waals surface area contributed by atoms with E-state index in [1.54, 1.807) is 11.3 Å². The molecule has 3 heterocycles. The van der Waals surface area contributed by atoms with Gasteiger partial charge in [0.25, 0.3) is 0 Å². The highest BCUT2D eigenvalue weighted by molar-refractivity contribution is 7.21. The van der Waals surface area contributed by atoms with Gasteiger partial charge in [-0.15, -0.1) is 11.3 Å². The van der Waals surface area contributed by atoms with Crippen LogP contribution in [0.25, 0.3) is 99.1 Å². The van der Waals surface area contributed by atoms with Crippen molar-refractivity contribution in [1.82, 2.24) is 19.9 Å². The van der Waals surface area contributed by atoms with Gasteiger partial charge in [0, 0.05) is 44.2 Å². The molecule has 0 unspecified atom stereocenters. The van der Waals surface area contributed by atoms with Crippen LogP contribution in [-0.4, -0.2) is 19.9 Å². The predicted molar refractivity (Wildman–Crippen MR) is 213 cm³/mol. The maximum atomic E-state index is 6.72. The average molecular weight is 685 g/mol. The van der Waals surface area contributed by atoms with Crippen molar-refractivity contribution >= 4 is 43.5 Å².